The third-order valence-corrected chi connectivity index (χ3v) is 4.38. The van der Waals surface area contributed by atoms with E-state index in [4.69, 9.17) is 0 Å². The fourth-order valence-corrected chi connectivity index (χ4v) is 2.23. The SMILES string of the molecule is CCS(=O)(=O)CCNC(C)c1ccccc1F. The third kappa shape index (κ3) is 4.44. The van der Waals surface area contributed by atoms with Gasteiger partial charge in [0.15, 0.2) is 9.84 Å². The van der Waals surface area contributed by atoms with Gasteiger partial charge in [-0.15, -0.1) is 0 Å². The van der Waals surface area contributed by atoms with Gasteiger partial charge in [0.1, 0.15) is 5.82 Å². The highest BCUT2D eigenvalue weighted by atomic mass is 32.2. The number of hydrogen-bond donors (Lipinski definition) is 1. The van der Waals surface area contributed by atoms with Gasteiger partial charge in [-0.1, -0.05) is 25.1 Å². The average molecular weight is 259 g/mol. The van der Waals surface area contributed by atoms with Crippen LogP contribution in [0.3, 0.4) is 0 Å². The van der Waals surface area contributed by atoms with E-state index in [2.05, 4.69) is 5.32 Å². The summed E-state index contributed by atoms with van der Waals surface area (Å²) in [6.07, 6.45) is 0. The molecule has 1 rings (SSSR count). The van der Waals surface area contributed by atoms with Crippen LogP contribution in [0.2, 0.25) is 0 Å². The Kier molecular flexibility index (Phi) is 5.08. The summed E-state index contributed by atoms with van der Waals surface area (Å²) < 4.78 is 35.9. The monoisotopic (exact) mass is 259 g/mol. The van der Waals surface area contributed by atoms with Gasteiger partial charge in [-0.25, -0.2) is 12.8 Å². The van der Waals surface area contributed by atoms with Crippen molar-refractivity contribution in [3.8, 4) is 0 Å². The molecule has 1 N–H and O–H groups in total. The van der Waals surface area contributed by atoms with Gasteiger partial charge in [0.05, 0.1) is 5.75 Å². The molecule has 0 saturated carbocycles. The first-order chi connectivity index (χ1) is 7.96. The highest BCUT2D eigenvalue weighted by Gasteiger charge is 2.11. The van der Waals surface area contributed by atoms with Gasteiger partial charge < -0.3 is 5.32 Å². The number of benzene rings is 1. The van der Waals surface area contributed by atoms with E-state index >= 15 is 0 Å². The van der Waals surface area contributed by atoms with Crippen molar-refractivity contribution < 1.29 is 12.8 Å². The predicted octanol–water partition coefficient (Wildman–Crippen LogP) is 1.91. The van der Waals surface area contributed by atoms with Crippen molar-refractivity contribution in [2.24, 2.45) is 0 Å². The van der Waals surface area contributed by atoms with Crippen LogP contribution in [0, 0.1) is 5.82 Å². The zero-order valence-corrected chi connectivity index (χ0v) is 10.9. The van der Waals surface area contributed by atoms with Crippen molar-refractivity contribution in [2.75, 3.05) is 18.1 Å². The summed E-state index contributed by atoms with van der Waals surface area (Å²) >= 11 is 0. The Morgan fingerprint density at radius 1 is 1.35 bits per heavy atom. The summed E-state index contributed by atoms with van der Waals surface area (Å²) in [7, 11) is -2.96. The van der Waals surface area contributed by atoms with Crippen molar-refractivity contribution in [2.45, 2.75) is 19.9 Å². The van der Waals surface area contributed by atoms with Crippen molar-refractivity contribution in [1.29, 1.82) is 0 Å². The molecule has 0 bridgehead atoms. The summed E-state index contributed by atoms with van der Waals surface area (Å²) in [5.74, 6) is -0.0451. The smallest absolute Gasteiger partial charge is 0.151 e. The number of sulfone groups is 1. The van der Waals surface area contributed by atoms with Gasteiger partial charge in [0.2, 0.25) is 0 Å². The molecule has 0 aliphatic carbocycles. The molecule has 0 aliphatic rings. The summed E-state index contributed by atoms with van der Waals surface area (Å²) in [6.45, 7) is 3.78. The average Bonchev–Trinajstić information content (AvgIpc) is 2.29. The van der Waals surface area contributed by atoms with E-state index in [1.54, 1.807) is 25.1 Å². The van der Waals surface area contributed by atoms with E-state index in [-0.39, 0.29) is 23.4 Å². The molecule has 96 valence electrons. The molecule has 0 aromatic heterocycles. The Balaban J connectivity index is 2.51. The first-order valence-corrected chi connectivity index (χ1v) is 7.46. The second-order valence-corrected chi connectivity index (χ2v) is 6.41. The van der Waals surface area contributed by atoms with E-state index in [0.29, 0.717) is 12.1 Å². The Hall–Kier alpha value is -0.940. The van der Waals surface area contributed by atoms with Crippen LogP contribution in [-0.2, 0) is 9.84 Å². The van der Waals surface area contributed by atoms with Gasteiger partial charge in [-0.2, -0.15) is 0 Å². The molecule has 0 radical (unpaired) electrons. The minimum absolute atomic E-state index is 0.0856. The maximum atomic E-state index is 13.4. The van der Waals surface area contributed by atoms with Gasteiger partial charge in [0, 0.05) is 23.9 Å². The number of nitrogens with one attached hydrogen (secondary N) is 1. The molecule has 0 saturated heterocycles. The summed E-state index contributed by atoms with van der Waals surface area (Å²) in [5, 5.41) is 3.01. The molecule has 0 aliphatic heterocycles. The first kappa shape index (κ1) is 14.1. The Bertz CT molecular complexity index is 459. The topological polar surface area (TPSA) is 46.2 Å². The zero-order chi connectivity index (χ0) is 12.9. The van der Waals surface area contributed by atoms with E-state index in [1.165, 1.54) is 6.07 Å². The molecule has 1 aromatic rings. The second-order valence-electron chi connectivity index (χ2n) is 3.93. The van der Waals surface area contributed by atoms with E-state index in [1.807, 2.05) is 6.92 Å². The van der Waals surface area contributed by atoms with Crippen molar-refractivity contribution >= 4 is 9.84 Å². The lowest BCUT2D eigenvalue weighted by atomic mass is 10.1. The second kappa shape index (κ2) is 6.12. The Morgan fingerprint density at radius 2 is 2.00 bits per heavy atom. The molecule has 0 fully saturated rings. The fraction of sp³-hybridized carbons (Fsp3) is 0.500. The van der Waals surface area contributed by atoms with Crippen molar-refractivity contribution in [3.05, 3.63) is 35.6 Å². The van der Waals surface area contributed by atoms with Crippen LogP contribution < -0.4 is 5.32 Å². The lowest BCUT2D eigenvalue weighted by Gasteiger charge is -2.14. The minimum atomic E-state index is -2.96. The van der Waals surface area contributed by atoms with Crippen LogP contribution in [0.25, 0.3) is 0 Å². The van der Waals surface area contributed by atoms with Crippen LogP contribution in [-0.4, -0.2) is 26.5 Å². The van der Waals surface area contributed by atoms with Gasteiger partial charge in [-0.3, -0.25) is 0 Å². The predicted molar refractivity (Wildman–Crippen MR) is 67.1 cm³/mol. The molecule has 0 heterocycles. The highest BCUT2D eigenvalue weighted by molar-refractivity contribution is 7.91. The number of rotatable bonds is 6. The molecular formula is C12H18FNO2S. The lowest BCUT2D eigenvalue weighted by Crippen LogP contribution is -2.26. The van der Waals surface area contributed by atoms with Crippen LogP contribution in [0.4, 0.5) is 4.39 Å². The highest BCUT2D eigenvalue weighted by Crippen LogP contribution is 2.15. The molecule has 1 atom stereocenters. The van der Waals surface area contributed by atoms with Crippen LogP contribution >= 0.6 is 0 Å². The van der Waals surface area contributed by atoms with Gasteiger partial charge >= 0.3 is 0 Å². The molecule has 1 aromatic carbocycles. The molecule has 17 heavy (non-hydrogen) atoms. The number of halogens is 1. The maximum Gasteiger partial charge on any atom is 0.151 e. The summed E-state index contributed by atoms with van der Waals surface area (Å²) in [5.41, 5.74) is 0.557. The van der Waals surface area contributed by atoms with Crippen LogP contribution in [0.1, 0.15) is 25.5 Å². The molecule has 1 unspecified atom stereocenters. The molecule has 3 nitrogen and oxygen atoms in total. The first-order valence-electron chi connectivity index (χ1n) is 5.64. The Morgan fingerprint density at radius 3 is 2.59 bits per heavy atom. The zero-order valence-electron chi connectivity index (χ0n) is 10.1. The number of hydrogen-bond acceptors (Lipinski definition) is 3. The van der Waals surface area contributed by atoms with Crippen molar-refractivity contribution in [1.82, 2.24) is 5.32 Å². The van der Waals surface area contributed by atoms with Crippen molar-refractivity contribution in [3.63, 3.8) is 0 Å². The summed E-state index contributed by atoms with van der Waals surface area (Å²) in [6, 6.07) is 6.30. The minimum Gasteiger partial charge on any atom is -0.309 e. The molecule has 0 amide bonds. The van der Waals surface area contributed by atoms with Gasteiger partial charge in [0.25, 0.3) is 0 Å². The fourth-order valence-electron chi connectivity index (χ4n) is 1.51. The molecular weight excluding hydrogens is 241 g/mol. The summed E-state index contributed by atoms with van der Waals surface area (Å²) in [4.78, 5) is 0. The third-order valence-electron chi connectivity index (χ3n) is 2.68. The standard InChI is InChI=1S/C12H18FNO2S/c1-3-17(15,16)9-8-14-10(2)11-6-4-5-7-12(11)13/h4-7,10,14H,3,8-9H2,1-2H3. The molecule has 5 heteroatoms. The molecule has 0 spiro atoms. The van der Waals surface area contributed by atoms with E-state index in [0.717, 1.165) is 0 Å². The Labute approximate surface area is 102 Å². The van der Waals surface area contributed by atoms with E-state index in [9.17, 15) is 12.8 Å². The lowest BCUT2D eigenvalue weighted by molar-refractivity contribution is 0.537. The quantitative estimate of drug-likeness (QED) is 0.849. The largest absolute Gasteiger partial charge is 0.309 e. The van der Waals surface area contributed by atoms with Crippen LogP contribution in [0.5, 0.6) is 0 Å². The normalized spacial score (nSPS) is 13.6. The van der Waals surface area contributed by atoms with Crippen LogP contribution in [0.15, 0.2) is 24.3 Å². The maximum absolute atomic E-state index is 13.4. The van der Waals surface area contributed by atoms with E-state index < -0.39 is 9.84 Å². The van der Waals surface area contributed by atoms with Gasteiger partial charge in [-0.05, 0) is 13.0 Å².